The largest absolute Gasteiger partial charge is 0.409 e. The highest BCUT2D eigenvalue weighted by atomic mass is 16.4. The Morgan fingerprint density at radius 2 is 2.00 bits per heavy atom. The molecule has 0 saturated carbocycles. The van der Waals surface area contributed by atoms with Crippen LogP contribution in [0.1, 0.15) is 17.5 Å². The fraction of sp³-hybridized carbons (Fsp3) is 0.364. The Hall–Kier alpha value is -1.55. The Bertz CT molecular complexity index is 355. The maximum absolute atomic E-state index is 8.50. The van der Waals surface area contributed by atoms with Crippen LogP contribution in [-0.4, -0.2) is 29.0 Å². The van der Waals surface area contributed by atoms with Crippen molar-refractivity contribution in [1.82, 2.24) is 4.90 Å². The molecule has 0 aromatic heterocycles. The zero-order valence-electron chi connectivity index (χ0n) is 8.56. The van der Waals surface area contributed by atoms with Crippen LogP contribution < -0.4 is 5.73 Å². The van der Waals surface area contributed by atoms with E-state index in [-0.39, 0.29) is 5.84 Å². The van der Waals surface area contributed by atoms with Gasteiger partial charge in [0.25, 0.3) is 0 Å². The van der Waals surface area contributed by atoms with Gasteiger partial charge < -0.3 is 10.9 Å². The molecule has 1 aromatic rings. The van der Waals surface area contributed by atoms with Gasteiger partial charge in [-0.3, -0.25) is 4.90 Å². The van der Waals surface area contributed by atoms with Crippen molar-refractivity contribution in [3.8, 4) is 0 Å². The second-order valence-corrected chi connectivity index (χ2v) is 3.81. The van der Waals surface area contributed by atoms with Gasteiger partial charge in [-0.25, -0.2) is 0 Å². The van der Waals surface area contributed by atoms with Crippen LogP contribution in [0.2, 0.25) is 0 Å². The summed E-state index contributed by atoms with van der Waals surface area (Å²) in [6.45, 7) is 3.39. The van der Waals surface area contributed by atoms with Gasteiger partial charge in [-0.1, -0.05) is 29.4 Å². The van der Waals surface area contributed by atoms with Crippen molar-refractivity contribution in [1.29, 1.82) is 0 Å². The fourth-order valence-electron chi connectivity index (χ4n) is 1.64. The smallest absolute Gasteiger partial charge is 0.170 e. The lowest BCUT2D eigenvalue weighted by atomic mass is 10.1. The molecule has 80 valence electrons. The molecule has 1 fully saturated rings. The third-order valence-electron chi connectivity index (χ3n) is 2.71. The van der Waals surface area contributed by atoms with Crippen LogP contribution >= 0.6 is 0 Å². The molecule has 3 N–H and O–H groups in total. The quantitative estimate of drug-likeness (QED) is 0.335. The minimum atomic E-state index is 0.158. The molecule has 15 heavy (non-hydrogen) atoms. The lowest BCUT2D eigenvalue weighted by molar-refractivity contribution is 0.172. The second-order valence-electron chi connectivity index (χ2n) is 3.81. The van der Waals surface area contributed by atoms with E-state index in [2.05, 4.69) is 10.1 Å². The average molecular weight is 205 g/mol. The SMILES string of the molecule is N/C(=N\O)c1ccc(CN2CCC2)cc1. The number of benzene rings is 1. The highest BCUT2D eigenvalue weighted by Crippen LogP contribution is 2.12. The van der Waals surface area contributed by atoms with Crippen LogP contribution in [0.25, 0.3) is 0 Å². The monoisotopic (exact) mass is 205 g/mol. The van der Waals surface area contributed by atoms with Gasteiger partial charge in [-0.15, -0.1) is 0 Å². The number of amidine groups is 1. The normalized spacial score (nSPS) is 17.5. The molecule has 0 atom stereocenters. The van der Waals surface area contributed by atoms with E-state index in [4.69, 9.17) is 10.9 Å². The standard InChI is InChI=1S/C11H15N3O/c12-11(13-15)10-4-2-9(3-5-10)8-14-6-1-7-14/h2-5,15H,1,6-8H2,(H2,12,13). The van der Waals surface area contributed by atoms with E-state index >= 15 is 0 Å². The van der Waals surface area contributed by atoms with Crippen molar-refractivity contribution in [2.75, 3.05) is 13.1 Å². The predicted octanol–water partition coefficient (Wildman–Crippen LogP) is 0.987. The van der Waals surface area contributed by atoms with Crippen LogP contribution in [0, 0.1) is 0 Å². The van der Waals surface area contributed by atoms with Gasteiger partial charge >= 0.3 is 0 Å². The van der Waals surface area contributed by atoms with Crippen LogP contribution in [0.15, 0.2) is 29.4 Å². The van der Waals surface area contributed by atoms with E-state index in [0.717, 1.165) is 12.1 Å². The zero-order chi connectivity index (χ0) is 10.7. The lowest BCUT2D eigenvalue weighted by Gasteiger charge is -2.30. The molecule has 4 nitrogen and oxygen atoms in total. The zero-order valence-corrected chi connectivity index (χ0v) is 8.56. The minimum absolute atomic E-state index is 0.158. The minimum Gasteiger partial charge on any atom is -0.409 e. The van der Waals surface area contributed by atoms with Gasteiger partial charge in [-0.05, 0) is 25.1 Å². The van der Waals surface area contributed by atoms with E-state index in [1.807, 2.05) is 24.3 Å². The Morgan fingerprint density at radius 1 is 1.33 bits per heavy atom. The molecule has 4 heteroatoms. The number of hydrogen-bond acceptors (Lipinski definition) is 3. The summed E-state index contributed by atoms with van der Waals surface area (Å²) in [7, 11) is 0. The van der Waals surface area contributed by atoms with Gasteiger partial charge in [0.1, 0.15) is 0 Å². The molecule has 2 rings (SSSR count). The molecule has 1 aliphatic rings. The van der Waals surface area contributed by atoms with Crippen LogP contribution in [0.3, 0.4) is 0 Å². The van der Waals surface area contributed by atoms with Crippen LogP contribution in [-0.2, 0) is 6.54 Å². The average Bonchev–Trinajstić information content (AvgIpc) is 2.23. The maximum Gasteiger partial charge on any atom is 0.170 e. The second kappa shape index (κ2) is 4.31. The van der Waals surface area contributed by atoms with E-state index < -0.39 is 0 Å². The van der Waals surface area contributed by atoms with Crippen molar-refractivity contribution in [2.24, 2.45) is 10.9 Å². The first-order valence-corrected chi connectivity index (χ1v) is 5.09. The van der Waals surface area contributed by atoms with Gasteiger partial charge in [0.15, 0.2) is 5.84 Å². The highest BCUT2D eigenvalue weighted by molar-refractivity contribution is 5.96. The third kappa shape index (κ3) is 2.27. The summed E-state index contributed by atoms with van der Waals surface area (Å²) in [4.78, 5) is 2.39. The van der Waals surface area contributed by atoms with Crippen molar-refractivity contribution in [3.05, 3.63) is 35.4 Å². The molecule has 1 aromatic carbocycles. The summed E-state index contributed by atoms with van der Waals surface area (Å²) < 4.78 is 0. The molecule has 1 saturated heterocycles. The Labute approximate surface area is 89.0 Å². The highest BCUT2D eigenvalue weighted by Gasteiger charge is 2.13. The molecule has 0 bridgehead atoms. The summed E-state index contributed by atoms with van der Waals surface area (Å²) in [5, 5.41) is 11.5. The fourth-order valence-corrected chi connectivity index (χ4v) is 1.64. The Balaban J connectivity index is 2.03. The number of oxime groups is 1. The molecular formula is C11H15N3O. The first kappa shape index (κ1) is 9.98. The first-order chi connectivity index (χ1) is 7.29. The molecule has 1 aliphatic heterocycles. The number of rotatable bonds is 3. The van der Waals surface area contributed by atoms with Crippen molar-refractivity contribution >= 4 is 5.84 Å². The van der Waals surface area contributed by atoms with Crippen molar-refractivity contribution in [3.63, 3.8) is 0 Å². The van der Waals surface area contributed by atoms with E-state index in [9.17, 15) is 0 Å². The van der Waals surface area contributed by atoms with E-state index in [1.165, 1.54) is 25.1 Å². The molecule has 0 unspecified atom stereocenters. The molecule has 1 heterocycles. The molecule has 0 spiro atoms. The first-order valence-electron chi connectivity index (χ1n) is 5.09. The van der Waals surface area contributed by atoms with E-state index in [0.29, 0.717) is 0 Å². The summed E-state index contributed by atoms with van der Waals surface area (Å²) in [6.07, 6.45) is 1.31. The molecule has 0 radical (unpaired) electrons. The third-order valence-corrected chi connectivity index (χ3v) is 2.71. The van der Waals surface area contributed by atoms with Crippen molar-refractivity contribution < 1.29 is 5.21 Å². The summed E-state index contributed by atoms with van der Waals surface area (Å²) >= 11 is 0. The number of likely N-dealkylation sites (tertiary alicyclic amines) is 1. The number of hydrogen-bond donors (Lipinski definition) is 2. The Morgan fingerprint density at radius 3 is 2.47 bits per heavy atom. The van der Waals surface area contributed by atoms with Gasteiger partial charge in [0.05, 0.1) is 0 Å². The summed E-state index contributed by atoms with van der Waals surface area (Å²) in [5.41, 5.74) is 7.49. The number of nitrogens with two attached hydrogens (primary N) is 1. The topological polar surface area (TPSA) is 61.9 Å². The van der Waals surface area contributed by atoms with Crippen LogP contribution in [0.5, 0.6) is 0 Å². The number of nitrogens with zero attached hydrogens (tertiary/aromatic N) is 2. The lowest BCUT2D eigenvalue weighted by Crippen LogP contribution is -2.36. The van der Waals surface area contributed by atoms with Gasteiger partial charge in [0, 0.05) is 12.1 Å². The molecular weight excluding hydrogens is 190 g/mol. The van der Waals surface area contributed by atoms with Gasteiger partial charge in [-0.2, -0.15) is 0 Å². The molecule has 0 aliphatic carbocycles. The van der Waals surface area contributed by atoms with Gasteiger partial charge in [0.2, 0.25) is 0 Å². The maximum atomic E-state index is 8.50. The van der Waals surface area contributed by atoms with Crippen LogP contribution in [0.4, 0.5) is 0 Å². The molecule has 0 amide bonds. The summed E-state index contributed by atoms with van der Waals surface area (Å²) in [5.74, 6) is 0.158. The Kier molecular flexibility index (Phi) is 2.87. The predicted molar refractivity (Wildman–Crippen MR) is 58.8 cm³/mol. The van der Waals surface area contributed by atoms with E-state index in [1.54, 1.807) is 0 Å². The van der Waals surface area contributed by atoms with Crippen molar-refractivity contribution in [2.45, 2.75) is 13.0 Å². The summed E-state index contributed by atoms with van der Waals surface area (Å²) in [6, 6.07) is 7.80.